The first-order valence-corrected chi connectivity index (χ1v) is 8.14. The minimum Gasteiger partial charge on any atom is -0.325 e. The molecule has 0 saturated heterocycles. The molecule has 0 aliphatic heterocycles. The van der Waals surface area contributed by atoms with Gasteiger partial charge in [0.1, 0.15) is 0 Å². The Morgan fingerprint density at radius 2 is 1.91 bits per heavy atom. The average molecular weight is 351 g/mol. The summed E-state index contributed by atoms with van der Waals surface area (Å²) < 4.78 is 0. The highest BCUT2D eigenvalue weighted by atomic mass is 35.5. The highest BCUT2D eigenvalue weighted by molar-refractivity contribution is 6.31. The lowest BCUT2D eigenvalue weighted by molar-refractivity contribution is -0.117. The van der Waals surface area contributed by atoms with Crippen molar-refractivity contribution < 1.29 is 4.79 Å². The van der Waals surface area contributed by atoms with E-state index >= 15 is 0 Å². The first-order valence-electron chi connectivity index (χ1n) is 7.39. The Morgan fingerprint density at radius 1 is 1.22 bits per heavy atom. The van der Waals surface area contributed by atoms with Gasteiger partial charge in [-0.25, -0.2) is 0 Å². The molecule has 0 spiro atoms. The highest BCUT2D eigenvalue weighted by Crippen LogP contribution is 2.24. The van der Waals surface area contributed by atoms with Crippen LogP contribution in [0.3, 0.4) is 0 Å². The second-order valence-corrected chi connectivity index (χ2v) is 6.45. The van der Waals surface area contributed by atoms with Crippen LogP contribution in [-0.2, 0) is 4.79 Å². The Bertz CT molecular complexity index is 703. The van der Waals surface area contributed by atoms with Gasteiger partial charge in [-0.15, -0.1) is 0 Å². The molecule has 1 atom stereocenters. The van der Waals surface area contributed by atoms with Crippen molar-refractivity contribution in [3.63, 3.8) is 0 Å². The Hall–Kier alpha value is -1.55. The summed E-state index contributed by atoms with van der Waals surface area (Å²) in [4.78, 5) is 14.2. The molecule has 0 aromatic heterocycles. The van der Waals surface area contributed by atoms with Gasteiger partial charge in [0.15, 0.2) is 0 Å². The second-order valence-electron chi connectivity index (χ2n) is 5.61. The van der Waals surface area contributed by atoms with E-state index in [9.17, 15) is 4.79 Å². The zero-order chi connectivity index (χ0) is 17.0. The Kier molecular flexibility index (Phi) is 6.05. The van der Waals surface area contributed by atoms with Crippen LogP contribution in [0.15, 0.2) is 42.5 Å². The molecule has 2 rings (SSSR count). The van der Waals surface area contributed by atoms with Gasteiger partial charge in [-0.3, -0.25) is 9.69 Å². The molecule has 3 nitrogen and oxygen atoms in total. The molecule has 0 bridgehead atoms. The summed E-state index contributed by atoms with van der Waals surface area (Å²) in [6, 6.07) is 13.2. The third-order valence-electron chi connectivity index (χ3n) is 3.93. The number of benzene rings is 2. The van der Waals surface area contributed by atoms with E-state index in [2.05, 4.69) is 5.32 Å². The minimum absolute atomic E-state index is 0.0771. The summed E-state index contributed by atoms with van der Waals surface area (Å²) in [5.41, 5.74) is 2.69. The maximum absolute atomic E-state index is 12.3. The van der Waals surface area contributed by atoms with Crippen molar-refractivity contribution in [2.75, 3.05) is 18.9 Å². The first-order chi connectivity index (χ1) is 10.9. The van der Waals surface area contributed by atoms with Crippen LogP contribution < -0.4 is 5.32 Å². The topological polar surface area (TPSA) is 32.3 Å². The van der Waals surface area contributed by atoms with Crippen molar-refractivity contribution in [2.45, 2.75) is 19.9 Å². The quantitative estimate of drug-likeness (QED) is 0.828. The summed E-state index contributed by atoms with van der Waals surface area (Å²) in [5, 5.41) is 4.25. The van der Waals surface area contributed by atoms with Gasteiger partial charge in [0.2, 0.25) is 5.91 Å². The van der Waals surface area contributed by atoms with Crippen molar-refractivity contribution in [3.05, 3.63) is 63.6 Å². The normalized spacial score (nSPS) is 12.3. The molecule has 0 aliphatic carbocycles. The number of carbonyl (C=O) groups excluding carboxylic acids is 1. The zero-order valence-electron chi connectivity index (χ0n) is 13.4. The van der Waals surface area contributed by atoms with Crippen LogP contribution in [0.5, 0.6) is 0 Å². The third kappa shape index (κ3) is 4.71. The number of nitrogens with zero attached hydrogens (tertiary/aromatic N) is 1. The van der Waals surface area contributed by atoms with Crippen LogP contribution in [-0.4, -0.2) is 24.4 Å². The maximum atomic E-state index is 12.3. The number of halogens is 2. The van der Waals surface area contributed by atoms with E-state index < -0.39 is 0 Å². The second kappa shape index (κ2) is 7.82. The number of nitrogens with one attached hydrogen (secondary N) is 1. The lowest BCUT2D eigenvalue weighted by Gasteiger charge is -2.24. The van der Waals surface area contributed by atoms with E-state index in [0.717, 1.165) is 16.8 Å². The lowest BCUT2D eigenvalue weighted by Crippen LogP contribution is -2.32. The Morgan fingerprint density at radius 3 is 2.61 bits per heavy atom. The van der Waals surface area contributed by atoms with Crippen LogP contribution in [0.2, 0.25) is 10.0 Å². The van der Waals surface area contributed by atoms with E-state index in [1.807, 2.05) is 62.2 Å². The van der Waals surface area contributed by atoms with Gasteiger partial charge in [-0.1, -0.05) is 41.4 Å². The average Bonchev–Trinajstić information content (AvgIpc) is 2.51. The number of amides is 1. The largest absolute Gasteiger partial charge is 0.325 e. The summed E-state index contributed by atoms with van der Waals surface area (Å²) in [6.07, 6.45) is 0. The number of likely N-dealkylation sites (N-methyl/N-ethyl adjacent to an activating group) is 1. The van der Waals surface area contributed by atoms with E-state index in [4.69, 9.17) is 23.2 Å². The predicted octanol–water partition coefficient (Wildman–Crippen LogP) is 4.93. The fraction of sp³-hybridized carbons (Fsp3) is 0.278. The van der Waals surface area contributed by atoms with E-state index in [1.165, 1.54) is 0 Å². The van der Waals surface area contributed by atoms with Crippen LogP contribution in [0, 0.1) is 6.92 Å². The molecule has 0 saturated carbocycles. The summed E-state index contributed by atoms with van der Waals surface area (Å²) in [7, 11) is 1.91. The molecule has 23 heavy (non-hydrogen) atoms. The number of carbonyl (C=O) groups is 1. The van der Waals surface area contributed by atoms with Gasteiger partial charge in [0.05, 0.1) is 6.54 Å². The number of hydrogen-bond donors (Lipinski definition) is 1. The van der Waals surface area contributed by atoms with Gasteiger partial charge in [-0.2, -0.15) is 0 Å². The van der Waals surface area contributed by atoms with E-state index in [1.54, 1.807) is 6.07 Å². The van der Waals surface area contributed by atoms with E-state index in [-0.39, 0.29) is 18.5 Å². The SMILES string of the molecule is Cc1c(Cl)cccc1NC(=O)CN(C)C(C)c1cccc(Cl)c1. The molecule has 122 valence electrons. The summed E-state index contributed by atoms with van der Waals surface area (Å²) >= 11 is 12.1. The molecule has 0 fully saturated rings. The molecule has 1 amide bonds. The van der Waals surface area contributed by atoms with Crippen molar-refractivity contribution in [1.29, 1.82) is 0 Å². The van der Waals surface area contributed by atoms with Crippen LogP contribution >= 0.6 is 23.2 Å². The molecular formula is C18H20Cl2N2O. The standard InChI is InChI=1S/C18H20Cl2N2O/c1-12-16(20)8-5-9-17(12)21-18(23)11-22(3)13(2)14-6-4-7-15(19)10-14/h4-10,13H,11H2,1-3H3,(H,21,23). The van der Waals surface area contributed by atoms with Gasteiger partial charge < -0.3 is 5.32 Å². The molecule has 1 N–H and O–H groups in total. The van der Waals surface area contributed by atoms with Crippen molar-refractivity contribution in [1.82, 2.24) is 4.90 Å². The van der Waals surface area contributed by atoms with Gasteiger partial charge in [-0.05, 0) is 56.3 Å². The fourth-order valence-corrected chi connectivity index (χ4v) is 2.69. The molecule has 0 aliphatic rings. The summed E-state index contributed by atoms with van der Waals surface area (Å²) in [6.45, 7) is 4.21. The molecule has 1 unspecified atom stereocenters. The zero-order valence-corrected chi connectivity index (χ0v) is 14.9. The molecule has 0 heterocycles. The van der Waals surface area contributed by atoms with E-state index in [0.29, 0.717) is 10.0 Å². The smallest absolute Gasteiger partial charge is 0.238 e. The van der Waals surface area contributed by atoms with Crippen molar-refractivity contribution >= 4 is 34.8 Å². The Labute approximate surface area is 147 Å². The fourth-order valence-electron chi connectivity index (χ4n) is 2.32. The van der Waals surface area contributed by atoms with Crippen molar-refractivity contribution in [3.8, 4) is 0 Å². The van der Waals surface area contributed by atoms with Gasteiger partial charge >= 0.3 is 0 Å². The molecular weight excluding hydrogens is 331 g/mol. The van der Waals surface area contributed by atoms with Crippen LogP contribution in [0.25, 0.3) is 0 Å². The number of hydrogen-bond acceptors (Lipinski definition) is 2. The lowest BCUT2D eigenvalue weighted by atomic mass is 10.1. The van der Waals surface area contributed by atoms with Crippen LogP contribution in [0.1, 0.15) is 24.1 Å². The third-order valence-corrected chi connectivity index (χ3v) is 4.57. The predicted molar refractivity (Wildman–Crippen MR) is 97.3 cm³/mol. The Balaban J connectivity index is 2.00. The number of anilines is 1. The summed E-state index contributed by atoms with van der Waals surface area (Å²) in [5.74, 6) is -0.0771. The monoisotopic (exact) mass is 350 g/mol. The highest BCUT2D eigenvalue weighted by Gasteiger charge is 2.16. The molecule has 2 aromatic carbocycles. The van der Waals surface area contributed by atoms with Gasteiger partial charge in [0, 0.05) is 21.8 Å². The van der Waals surface area contributed by atoms with Crippen molar-refractivity contribution in [2.24, 2.45) is 0 Å². The number of rotatable bonds is 5. The minimum atomic E-state index is -0.0771. The first kappa shape index (κ1) is 17.8. The molecule has 0 radical (unpaired) electrons. The van der Waals surface area contributed by atoms with Crippen LogP contribution in [0.4, 0.5) is 5.69 Å². The molecule has 2 aromatic rings. The maximum Gasteiger partial charge on any atom is 0.238 e. The molecule has 5 heteroatoms. The van der Waals surface area contributed by atoms with Gasteiger partial charge in [0.25, 0.3) is 0 Å².